The molecule has 6 aliphatic rings. The number of hydrogen-bond acceptors (Lipinski definition) is 13. The molecule has 0 radical (unpaired) electrons. The molecule has 1 saturated heterocycles. The highest BCUT2D eigenvalue weighted by atomic mass is 32.1. The Morgan fingerprint density at radius 1 is 0.440 bits per heavy atom. The fourth-order valence-electron chi connectivity index (χ4n) is 11.9. The van der Waals surface area contributed by atoms with Crippen molar-refractivity contribution in [1.29, 1.82) is 0 Å². The summed E-state index contributed by atoms with van der Waals surface area (Å²) in [5.41, 5.74) is 2.58. The van der Waals surface area contributed by atoms with E-state index in [1.807, 2.05) is 0 Å². The summed E-state index contributed by atoms with van der Waals surface area (Å²) >= 11 is 2.44. The molecule has 1 fully saturated rings. The molecule has 4 aromatic carbocycles. The van der Waals surface area contributed by atoms with Gasteiger partial charge in [-0.3, -0.25) is 63.2 Å². The lowest BCUT2D eigenvalue weighted by atomic mass is 9.82. The quantitative estimate of drug-likeness (QED) is 0.0675. The summed E-state index contributed by atoms with van der Waals surface area (Å²) < 4.78 is 12.6. The Morgan fingerprint density at radius 2 is 0.880 bits per heavy atom. The second kappa shape index (κ2) is 18.7. The summed E-state index contributed by atoms with van der Waals surface area (Å²) in [5.74, 6) is -6.94. The van der Waals surface area contributed by atoms with Crippen LogP contribution in [0.1, 0.15) is 197 Å². The topological polar surface area (TPSA) is 194 Å². The van der Waals surface area contributed by atoms with Gasteiger partial charge in [0.05, 0.1) is 34.1 Å². The number of amides is 8. The van der Waals surface area contributed by atoms with Crippen LogP contribution in [0.5, 0.6) is 0 Å². The molecule has 1 aliphatic carbocycles. The van der Waals surface area contributed by atoms with Crippen LogP contribution in [0.15, 0.2) is 48.5 Å². The number of unbranched alkanes of at least 4 members (excludes halogenated alkanes) is 9. The largest absolute Gasteiger partial charge is 0.337 e. The number of fused-ring (bicyclic) bond motifs is 4. The van der Waals surface area contributed by atoms with Crippen molar-refractivity contribution in [2.24, 2.45) is 0 Å². The minimum absolute atomic E-state index is 0.0810. The van der Waals surface area contributed by atoms with Crippen molar-refractivity contribution >= 4 is 97.3 Å². The fourth-order valence-corrected chi connectivity index (χ4v) is 14.5. The number of nitrogens with zero attached hydrogens (tertiary/aromatic N) is 3. The maximum absolute atomic E-state index is 15.2. The number of hydrogen-bond donors (Lipinski definition) is 1. The van der Waals surface area contributed by atoms with Gasteiger partial charge in [-0.1, -0.05) is 78.6 Å². The predicted octanol–water partition coefficient (Wildman–Crippen LogP) is 10.9. The summed E-state index contributed by atoms with van der Waals surface area (Å²) in [6, 6.07) is 12.8. The number of Topliss-reactive ketones (excluding diaryl/α,β-unsaturated/α-hetero) is 1. The van der Waals surface area contributed by atoms with Gasteiger partial charge in [0.15, 0.2) is 0 Å². The number of thiophene rings is 2. The average molecular weight is 1050 g/mol. The van der Waals surface area contributed by atoms with Crippen LogP contribution in [0.2, 0.25) is 0 Å². The minimum atomic E-state index is -1.91. The molecule has 2 aromatic heterocycles. The molecule has 5 aliphatic heterocycles. The number of carbonyl (C=O) groups is 9. The molecular weight excluding hydrogens is 993 g/mol. The maximum Gasteiger partial charge on any atom is 0.262 e. The zero-order chi connectivity index (χ0) is 52.2. The van der Waals surface area contributed by atoms with E-state index in [9.17, 15) is 33.6 Å². The molecule has 75 heavy (non-hydrogen) atoms. The average Bonchev–Trinajstić information content (AvgIpc) is 4.21. The van der Waals surface area contributed by atoms with Gasteiger partial charge >= 0.3 is 0 Å². The zero-order valence-corrected chi connectivity index (χ0v) is 43.4. The maximum atomic E-state index is 15.2. The molecule has 1 spiro atoms. The number of benzene rings is 4. The van der Waals surface area contributed by atoms with Gasteiger partial charge < -0.3 is 9.47 Å². The van der Waals surface area contributed by atoms with E-state index in [0.29, 0.717) is 49.9 Å². The number of nitrogens with one attached hydrogen (secondary N) is 1. The lowest BCUT2D eigenvalue weighted by Gasteiger charge is -2.33. The van der Waals surface area contributed by atoms with Gasteiger partial charge in [-0.25, -0.2) is 0 Å². The molecule has 0 unspecified atom stereocenters. The highest BCUT2D eigenvalue weighted by Gasteiger charge is 2.54. The summed E-state index contributed by atoms with van der Waals surface area (Å²) in [7, 11) is 0. The van der Waals surface area contributed by atoms with E-state index in [4.69, 9.17) is 9.47 Å². The van der Waals surface area contributed by atoms with Crippen LogP contribution in [0, 0.1) is 0 Å². The number of carbonyl (C=O) groups excluding carboxylic acids is 9. The monoisotopic (exact) mass is 1040 g/mol. The van der Waals surface area contributed by atoms with Gasteiger partial charge in [0.2, 0.25) is 5.78 Å². The van der Waals surface area contributed by atoms with E-state index in [0.717, 1.165) is 57.8 Å². The Bertz CT molecular complexity index is 3620. The molecule has 0 atom stereocenters. The van der Waals surface area contributed by atoms with E-state index < -0.39 is 58.8 Å². The highest BCUT2D eigenvalue weighted by Crippen LogP contribution is 2.57. The Hall–Kier alpha value is -7.05. The van der Waals surface area contributed by atoms with Crippen molar-refractivity contribution in [3.8, 4) is 30.6 Å². The van der Waals surface area contributed by atoms with Crippen LogP contribution in [0.3, 0.4) is 0 Å². The standard InChI is InChI=1S/C58H52N4O11S2/c1-4-7-10-13-20-60-52(66)30-17-16-29-43-41(30)35(55(60)69)25-33(45(43)51(65)59-50(29)64)39-27-37-47(74-39)48-38(58(49(37)63)72-23-24-73-58)28-40(75-48)34-26-36-42-31(53(67)61(56(36)70)21-14-11-8-5-2)18-19-32-44(42)46(34)57(71)62(54(32)68)22-15-12-9-6-3/h16-19,25-28H,4-15,20-24H2,1-3H3,(H,59,64,65). The van der Waals surface area contributed by atoms with Gasteiger partial charge in [-0.2, -0.15) is 0 Å². The van der Waals surface area contributed by atoms with Crippen LogP contribution < -0.4 is 5.32 Å². The first-order chi connectivity index (χ1) is 36.3. The molecule has 8 amide bonds. The third kappa shape index (κ3) is 7.21. The van der Waals surface area contributed by atoms with E-state index in [1.54, 1.807) is 36.4 Å². The van der Waals surface area contributed by atoms with Crippen molar-refractivity contribution in [2.45, 2.75) is 104 Å². The zero-order valence-electron chi connectivity index (χ0n) is 41.8. The molecular formula is C58H52N4O11S2. The van der Waals surface area contributed by atoms with E-state index in [2.05, 4.69) is 26.1 Å². The molecule has 17 heteroatoms. The smallest absolute Gasteiger partial charge is 0.262 e. The third-order valence-corrected chi connectivity index (χ3v) is 18.1. The van der Waals surface area contributed by atoms with Crippen molar-refractivity contribution in [3.05, 3.63) is 104 Å². The highest BCUT2D eigenvalue weighted by molar-refractivity contribution is 7.26. The molecule has 15 nitrogen and oxygen atoms in total. The van der Waals surface area contributed by atoms with E-state index in [1.165, 1.54) is 49.5 Å². The van der Waals surface area contributed by atoms with Crippen molar-refractivity contribution in [1.82, 2.24) is 20.0 Å². The van der Waals surface area contributed by atoms with Gasteiger partial charge in [0.1, 0.15) is 0 Å². The Morgan fingerprint density at radius 3 is 1.41 bits per heavy atom. The van der Waals surface area contributed by atoms with Crippen LogP contribution >= 0.6 is 22.7 Å². The Labute approximate surface area is 439 Å². The van der Waals surface area contributed by atoms with Crippen molar-refractivity contribution < 1.29 is 52.6 Å². The molecule has 7 heterocycles. The Kier molecular flexibility index (Phi) is 12.2. The van der Waals surface area contributed by atoms with Crippen molar-refractivity contribution in [2.75, 3.05) is 32.8 Å². The molecule has 6 aromatic rings. The second-order valence-electron chi connectivity index (χ2n) is 20.1. The molecule has 382 valence electrons. The summed E-state index contributed by atoms with van der Waals surface area (Å²) in [4.78, 5) is 135. The van der Waals surface area contributed by atoms with E-state index >= 15 is 9.59 Å². The van der Waals surface area contributed by atoms with Crippen LogP contribution in [-0.2, 0) is 15.3 Å². The normalized spacial score (nSPS) is 17.2. The van der Waals surface area contributed by atoms with Crippen LogP contribution in [0.25, 0.3) is 52.2 Å². The first kappa shape index (κ1) is 48.9. The van der Waals surface area contributed by atoms with Gasteiger partial charge in [-0.15, -0.1) is 22.7 Å². The van der Waals surface area contributed by atoms with E-state index in [-0.39, 0.29) is 110 Å². The van der Waals surface area contributed by atoms with Crippen LogP contribution in [0.4, 0.5) is 0 Å². The Balaban J connectivity index is 1.05. The van der Waals surface area contributed by atoms with Gasteiger partial charge in [0.25, 0.3) is 53.0 Å². The predicted molar refractivity (Wildman–Crippen MR) is 282 cm³/mol. The minimum Gasteiger partial charge on any atom is -0.337 e. The molecule has 0 bridgehead atoms. The van der Waals surface area contributed by atoms with Crippen molar-refractivity contribution in [3.63, 3.8) is 0 Å². The number of ketones is 1. The lowest BCUT2D eigenvalue weighted by molar-refractivity contribution is -0.126. The first-order valence-electron chi connectivity index (χ1n) is 26.2. The summed E-state index contributed by atoms with van der Waals surface area (Å²) in [5, 5.41) is 3.36. The molecule has 0 saturated carbocycles. The van der Waals surface area contributed by atoms with Gasteiger partial charge in [0, 0.05) is 107 Å². The third-order valence-electron chi connectivity index (χ3n) is 15.6. The van der Waals surface area contributed by atoms with Gasteiger partial charge in [-0.05, 0) is 67.8 Å². The fraction of sp³-hybridized carbons (Fsp3) is 0.362. The number of imide groups is 4. The molecule has 1 N–H and O–H groups in total. The molecule has 12 rings (SSSR count). The summed E-state index contributed by atoms with van der Waals surface area (Å²) in [6.07, 6.45) is 9.92. The lowest BCUT2D eigenvalue weighted by Crippen LogP contribution is -2.44. The number of rotatable bonds is 17. The number of ether oxygens (including phenoxy) is 2. The first-order valence-corrected chi connectivity index (χ1v) is 27.8. The SMILES string of the molecule is CCCCCCN1C(=O)c2ccc3c4c(c(-c5cc6c(s5)-c5sc(-c7cc8c9c(ccc%10c9c7C(=O)N(CCCCCC)C%10=O)C(=O)N(CCCCCC)C8=O)cc5C5(OCCO5)C6=O)cc(c24)C1=O)C(=O)NC3=O. The van der Waals surface area contributed by atoms with Crippen LogP contribution in [-0.4, -0.2) is 101 Å². The second-order valence-corrected chi connectivity index (χ2v) is 22.2. The summed E-state index contributed by atoms with van der Waals surface area (Å²) in [6.45, 7) is 6.94.